The number of carbonyl (C=O) groups excluding carboxylic acids is 1. The van der Waals surface area contributed by atoms with Gasteiger partial charge in [0.05, 0.1) is 18.6 Å². The number of thioether (sulfide) groups is 1. The van der Waals surface area contributed by atoms with Crippen LogP contribution in [0.5, 0.6) is 5.75 Å². The summed E-state index contributed by atoms with van der Waals surface area (Å²) in [6.07, 6.45) is 0. The van der Waals surface area contributed by atoms with Crippen LogP contribution < -0.4 is 20.7 Å². The Labute approximate surface area is 190 Å². The molecule has 0 bridgehead atoms. The van der Waals surface area contributed by atoms with Crippen molar-refractivity contribution in [1.82, 2.24) is 0 Å². The summed E-state index contributed by atoms with van der Waals surface area (Å²) in [4.78, 5) is 13.3. The van der Waals surface area contributed by atoms with E-state index in [-0.39, 0.29) is 11.7 Å². The molecule has 0 aliphatic carbocycles. The minimum Gasteiger partial charge on any atom is -0.495 e. The van der Waals surface area contributed by atoms with Gasteiger partial charge in [-0.25, -0.2) is 0 Å². The van der Waals surface area contributed by atoms with Crippen molar-refractivity contribution in [2.75, 3.05) is 28.8 Å². The second kappa shape index (κ2) is 10.9. The topological polar surface area (TPSA) is 62.4 Å². The number of anilines is 3. The maximum atomic E-state index is 12.4. The maximum absolute atomic E-state index is 12.4. The third-order valence-electron chi connectivity index (χ3n) is 3.93. The Balaban J connectivity index is 1.54. The standard InChI is InChI=1S/C22H20ClN3O2S2/c1-28-20-11-10-15(23)12-19(20)26-21(27)14-30-18-9-5-8-17(13-18)25-22(29)24-16-6-3-2-4-7-16/h2-13H,14H2,1H3,(H,26,27)(H2,24,25,29). The van der Waals surface area contributed by atoms with E-state index in [1.807, 2.05) is 54.6 Å². The van der Waals surface area contributed by atoms with Gasteiger partial charge in [0, 0.05) is 21.3 Å². The van der Waals surface area contributed by atoms with Crippen LogP contribution in [0.15, 0.2) is 77.7 Å². The molecule has 0 aliphatic heterocycles. The Morgan fingerprint density at radius 2 is 1.70 bits per heavy atom. The fraction of sp³-hybridized carbons (Fsp3) is 0.0909. The van der Waals surface area contributed by atoms with E-state index in [9.17, 15) is 4.79 Å². The fourth-order valence-electron chi connectivity index (χ4n) is 2.59. The Morgan fingerprint density at radius 3 is 2.47 bits per heavy atom. The van der Waals surface area contributed by atoms with Crippen LogP contribution in [0.25, 0.3) is 0 Å². The molecule has 5 nitrogen and oxygen atoms in total. The van der Waals surface area contributed by atoms with Crippen LogP contribution in [0.4, 0.5) is 17.1 Å². The van der Waals surface area contributed by atoms with Gasteiger partial charge in [-0.1, -0.05) is 35.9 Å². The molecule has 3 N–H and O–H groups in total. The van der Waals surface area contributed by atoms with Gasteiger partial charge in [-0.2, -0.15) is 0 Å². The summed E-state index contributed by atoms with van der Waals surface area (Å²) >= 11 is 12.8. The summed E-state index contributed by atoms with van der Waals surface area (Å²) in [5.74, 6) is 0.648. The molecule has 0 saturated carbocycles. The number of methoxy groups -OCH3 is 1. The van der Waals surface area contributed by atoms with Crippen molar-refractivity contribution in [3.05, 3.63) is 77.8 Å². The zero-order chi connectivity index (χ0) is 21.3. The number of nitrogens with one attached hydrogen (secondary N) is 3. The van der Waals surface area contributed by atoms with Crippen LogP contribution in [0.2, 0.25) is 5.02 Å². The van der Waals surface area contributed by atoms with Crippen molar-refractivity contribution >= 4 is 63.7 Å². The zero-order valence-electron chi connectivity index (χ0n) is 16.1. The molecule has 0 saturated heterocycles. The van der Waals surface area contributed by atoms with Gasteiger partial charge in [0.15, 0.2) is 5.11 Å². The summed E-state index contributed by atoms with van der Waals surface area (Å²) in [6, 6.07) is 22.5. The van der Waals surface area contributed by atoms with Crippen LogP contribution >= 0.6 is 35.6 Å². The smallest absolute Gasteiger partial charge is 0.234 e. The van der Waals surface area contributed by atoms with Gasteiger partial charge in [-0.15, -0.1) is 11.8 Å². The van der Waals surface area contributed by atoms with Crippen molar-refractivity contribution in [3.8, 4) is 5.75 Å². The third-order valence-corrected chi connectivity index (χ3v) is 5.36. The van der Waals surface area contributed by atoms with Gasteiger partial charge in [-0.3, -0.25) is 4.79 Å². The van der Waals surface area contributed by atoms with Gasteiger partial charge < -0.3 is 20.7 Å². The molecule has 3 aromatic carbocycles. The average molecular weight is 458 g/mol. The molecule has 0 heterocycles. The number of hydrogen-bond acceptors (Lipinski definition) is 4. The quantitative estimate of drug-likeness (QED) is 0.304. The Kier molecular flexibility index (Phi) is 7.96. The second-order valence-electron chi connectivity index (χ2n) is 6.15. The second-order valence-corrected chi connectivity index (χ2v) is 8.05. The number of amides is 1. The summed E-state index contributed by atoms with van der Waals surface area (Å²) in [6.45, 7) is 0. The zero-order valence-corrected chi connectivity index (χ0v) is 18.5. The van der Waals surface area contributed by atoms with Crippen molar-refractivity contribution in [1.29, 1.82) is 0 Å². The van der Waals surface area contributed by atoms with Crippen molar-refractivity contribution in [2.45, 2.75) is 4.90 Å². The van der Waals surface area contributed by atoms with E-state index in [2.05, 4.69) is 16.0 Å². The normalized spacial score (nSPS) is 10.2. The Bertz CT molecular complexity index is 1030. The molecule has 0 fully saturated rings. The molecule has 0 aromatic heterocycles. The molecule has 3 aromatic rings. The predicted molar refractivity (Wildman–Crippen MR) is 130 cm³/mol. The predicted octanol–water partition coefficient (Wildman–Crippen LogP) is 5.89. The molecule has 3 rings (SSSR count). The first-order valence-corrected chi connectivity index (χ1v) is 10.8. The molecule has 8 heteroatoms. The largest absolute Gasteiger partial charge is 0.495 e. The van der Waals surface area contributed by atoms with Crippen molar-refractivity contribution in [2.24, 2.45) is 0 Å². The number of carbonyl (C=O) groups is 1. The summed E-state index contributed by atoms with van der Waals surface area (Å²) < 4.78 is 5.25. The van der Waals surface area contributed by atoms with E-state index in [1.54, 1.807) is 25.3 Å². The molecule has 154 valence electrons. The van der Waals surface area contributed by atoms with E-state index in [4.69, 9.17) is 28.6 Å². The van der Waals surface area contributed by atoms with Crippen LogP contribution in [-0.2, 0) is 4.79 Å². The molecule has 0 atom stereocenters. The van der Waals surface area contributed by atoms with E-state index in [0.717, 1.165) is 16.3 Å². The highest BCUT2D eigenvalue weighted by atomic mass is 35.5. The highest BCUT2D eigenvalue weighted by molar-refractivity contribution is 8.00. The number of ether oxygens (including phenoxy) is 1. The van der Waals surface area contributed by atoms with E-state index in [1.165, 1.54) is 11.8 Å². The molecule has 0 aliphatic rings. The monoisotopic (exact) mass is 457 g/mol. The lowest BCUT2D eigenvalue weighted by Crippen LogP contribution is -2.19. The number of hydrogen-bond donors (Lipinski definition) is 3. The SMILES string of the molecule is COc1ccc(Cl)cc1NC(=O)CSc1cccc(NC(=S)Nc2ccccc2)c1. The molecule has 0 unspecified atom stereocenters. The molecular weight excluding hydrogens is 438 g/mol. The average Bonchev–Trinajstić information content (AvgIpc) is 2.73. The molecule has 30 heavy (non-hydrogen) atoms. The first-order chi connectivity index (χ1) is 14.5. The van der Waals surface area contributed by atoms with E-state index < -0.39 is 0 Å². The Morgan fingerprint density at radius 1 is 0.967 bits per heavy atom. The lowest BCUT2D eigenvalue weighted by atomic mass is 10.3. The van der Waals surface area contributed by atoms with E-state index in [0.29, 0.717) is 21.6 Å². The number of para-hydroxylation sites is 1. The van der Waals surface area contributed by atoms with Gasteiger partial charge in [-0.05, 0) is 60.7 Å². The molecule has 0 spiro atoms. The van der Waals surface area contributed by atoms with Crippen LogP contribution in [-0.4, -0.2) is 23.9 Å². The lowest BCUT2D eigenvalue weighted by Gasteiger charge is -2.12. The van der Waals surface area contributed by atoms with Crippen LogP contribution in [0.1, 0.15) is 0 Å². The van der Waals surface area contributed by atoms with Crippen LogP contribution in [0, 0.1) is 0 Å². The summed E-state index contributed by atoms with van der Waals surface area (Å²) in [5, 5.41) is 10.1. The highest BCUT2D eigenvalue weighted by Gasteiger charge is 2.09. The Hall–Kier alpha value is -2.74. The first kappa shape index (κ1) is 22.0. The number of halogens is 1. The van der Waals surface area contributed by atoms with Gasteiger partial charge in [0.25, 0.3) is 0 Å². The third kappa shape index (κ3) is 6.66. The summed E-state index contributed by atoms with van der Waals surface area (Å²) in [5.41, 5.74) is 2.29. The van der Waals surface area contributed by atoms with E-state index >= 15 is 0 Å². The summed E-state index contributed by atoms with van der Waals surface area (Å²) in [7, 11) is 1.54. The van der Waals surface area contributed by atoms with Gasteiger partial charge >= 0.3 is 0 Å². The van der Waals surface area contributed by atoms with Gasteiger partial charge in [0.2, 0.25) is 5.91 Å². The fourth-order valence-corrected chi connectivity index (χ4v) is 3.75. The number of rotatable bonds is 7. The molecular formula is C22H20ClN3O2S2. The van der Waals surface area contributed by atoms with Crippen molar-refractivity contribution in [3.63, 3.8) is 0 Å². The molecule has 1 amide bonds. The minimum atomic E-state index is -0.153. The first-order valence-electron chi connectivity index (χ1n) is 9.03. The maximum Gasteiger partial charge on any atom is 0.234 e. The highest BCUT2D eigenvalue weighted by Crippen LogP contribution is 2.28. The minimum absolute atomic E-state index is 0.153. The lowest BCUT2D eigenvalue weighted by molar-refractivity contribution is -0.113. The number of benzene rings is 3. The van der Waals surface area contributed by atoms with Crippen LogP contribution in [0.3, 0.4) is 0 Å². The van der Waals surface area contributed by atoms with Crippen molar-refractivity contribution < 1.29 is 9.53 Å². The van der Waals surface area contributed by atoms with Gasteiger partial charge in [0.1, 0.15) is 5.75 Å². The molecule has 0 radical (unpaired) electrons. The number of thiocarbonyl (C=S) groups is 1.